The average molecular weight is 357 g/mol. The van der Waals surface area contributed by atoms with Crippen LogP contribution in [0.4, 0.5) is 0 Å². The zero-order chi connectivity index (χ0) is 18.5. The number of benzene rings is 1. The highest BCUT2D eigenvalue weighted by atomic mass is 16.6. The number of carbonyl (C=O) groups excluding carboxylic acids is 3. The zero-order valence-corrected chi connectivity index (χ0v) is 15.1. The summed E-state index contributed by atoms with van der Waals surface area (Å²) in [7, 11) is 0. The van der Waals surface area contributed by atoms with Gasteiger partial charge in [0.15, 0.2) is 0 Å². The first kappa shape index (κ1) is 17.2. The van der Waals surface area contributed by atoms with Crippen LogP contribution in [0, 0.1) is 0 Å². The van der Waals surface area contributed by atoms with Crippen molar-refractivity contribution in [3.63, 3.8) is 0 Å². The van der Waals surface area contributed by atoms with Crippen molar-refractivity contribution in [3.8, 4) is 5.75 Å². The van der Waals surface area contributed by atoms with E-state index < -0.39 is 11.0 Å². The summed E-state index contributed by atoms with van der Waals surface area (Å²) in [5.74, 6) is -0.0408. The molecule has 3 atom stereocenters. The van der Waals surface area contributed by atoms with E-state index in [0.29, 0.717) is 31.4 Å². The number of piperidine rings is 1. The Hall–Kier alpha value is -2.21. The van der Waals surface area contributed by atoms with Crippen molar-refractivity contribution < 1.29 is 23.9 Å². The molecule has 26 heavy (non-hydrogen) atoms. The van der Waals surface area contributed by atoms with E-state index in [0.717, 1.165) is 24.1 Å². The molecule has 4 rings (SSSR count). The standard InChI is InChI=1S/C20H23NO5/c1-12(22)25-16-4-3-14-9-18-20(26-13(2)23)6-5-15(24)11-19(20,7-8-21-18)17(14)10-16/h3-4,10,18,21H,5-9,11H2,1-2H3/t18-,19-,20-/m1/s1. The van der Waals surface area contributed by atoms with Crippen molar-refractivity contribution in [2.45, 2.75) is 63.0 Å². The van der Waals surface area contributed by atoms with Crippen LogP contribution in [0.2, 0.25) is 0 Å². The van der Waals surface area contributed by atoms with Gasteiger partial charge >= 0.3 is 11.9 Å². The first-order valence-electron chi connectivity index (χ1n) is 9.13. The maximum atomic E-state index is 12.5. The second-order valence-corrected chi connectivity index (χ2v) is 7.65. The highest BCUT2D eigenvalue weighted by molar-refractivity contribution is 5.83. The van der Waals surface area contributed by atoms with E-state index in [-0.39, 0.29) is 23.8 Å². The van der Waals surface area contributed by atoms with Gasteiger partial charge in [0.05, 0.1) is 6.04 Å². The Morgan fingerprint density at radius 3 is 2.73 bits per heavy atom. The van der Waals surface area contributed by atoms with Crippen LogP contribution in [0.3, 0.4) is 0 Å². The van der Waals surface area contributed by atoms with Crippen LogP contribution in [0.25, 0.3) is 0 Å². The number of ketones is 1. The normalized spacial score (nSPS) is 32.2. The van der Waals surface area contributed by atoms with Crippen molar-refractivity contribution in [2.75, 3.05) is 6.54 Å². The zero-order valence-electron chi connectivity index (χ0n) is 15.1. The predicted octanol–water partition coefficient (Wildman–Crippen LogP) is 1.82. The van der Waals surface area contributed by atoms with Gasteiger partial charge in [0.1, 0.15) is 17.1 Å². The fraction of sp³-hybridized carbons (Fsp3) is 0.550. The summed E-state index contributed by atoms with van der Waals surface area (Å²) in [6, 6.07) is 5.61. The van der Waals surface area contributed by atoms with Crippen LogP contribution in [0.1, 0.15) is 50.7 Å². The second-order valence-electron chi connectivity index (χ2n) is 7.65. The average Bonchev–Trinajstić information content (AvgIpc) is 2.55. The van der Waals surface area contributed by atoms with E-state index in [9.17, 15) is 14.4 Å². The number of esters is 2. The number of hydrogen-bond acceptors (Lipinski definition) is 6. The molecule has 2 aliphatic carbocycles. The smallest absolute Gasteiger partial charge is 0.308 e. The number of carbonyl (C=O) groups is 3. The maximum Gasteiger partial charge on any atom is 0.308 e. The maximum absolute atomic E-state index is 12.5. The van der Waals surface area contributed by atoms with Gasteiger partial charge in [-0.15, -0.1) is 0 Å². The summed E-state index contributed by atoms with van der Waals surface area (Å²) in [6.45, 7) is 3.56. The monoisotopic (exact) mass is 357 g/mol. The van der Waals surface area contributed by atoms with Gasteiger partial charge in [-0.2, -0.15) is 0 Å². The van der Waals surface area contributed by atoms with Crippen molar-refractivity contribution in [1.82, 2.24) is 5.32 Å². The van der Waals surface area contributed by atoms with Gasteiger partial charge < -0.3 is 14.8 Å². The summed E-state index contributed by atoms with van der Waals surface area (Å²) >= 11 is 0. The Labute approximate surface area is 152 Å². The molecule has 1 aromatic carbocycles. The molecule has 2 fully saturated rings. The minimum absolute atomic E-state index is 0.0136. The van der Waals surface area contributed by atoms with Gasteiger partial charge in [-0.1, -0.05) is 6.07 Å². The lowest BCUT2D eigenvalue weighted by Crippen LogP contribution is -2.73. The highest BCUT2D eigenvalue weighted by Gasteiger charge is 2.65. The molecular weight excluding hydrogens is 334 g/mol. The van der Waals surface area contributed by atoms with E-state index in [1.165, 1.54) is 13.8 Å². The highest BCUT2D eigenvalue weighted by Crippen LogP contribution is 2.57. The van der Waals surface area contributed by atoms with Gasteiger partial charge in [-0.25, -0.2) is 0 Å². The fourth-order valence-electron chi connectivity index (χ4n) is 5.37. The number of fused-ring (bicyclic) bond motifs is 1. The predicted molar refractivity (Wildman–Crippen MR) is 92.9 cm³/mol. The van der Waals surface area contributed by atoms with Crippen LogP contribution in [0.5, 0.6) is 5.75 Å². The van der Waals surface area contributed by atoms with E-state index >= 15 is 0 Å². The Bertz CT molecular complexity index is 803. The van der Waals surface area contributed by atoms with Gasteiger partial charge in [0, 0.05) is 32.1 Å². The number of rotatable bonds is 2. The first-order valence-corrected chi connectivity index (χ1v) is 9.13. The van der Waals surface area contributed by atoms with Crippen LogP contribution < -0.4 is 10.1 Å². The summed E-state index contributed by atoms with van der Waals surface area (Å²) in [6.07, 6.45) is 2.74. The van der Waals surface area contributed by atoms with Crippen molar-refractivity contribution in [1.29, 1.82) is 0 Å². The topological polar surface area (TPSA) is 81.7 Å². The number of hydrogen-bond donors (Lipinski definition) is 1. The Morgan fingerprint density at radius 2 is 2.00 bits per heavy atom. The van der Waals surface area contributed by atoms with E-state index in [2.05, 4.69) is 5.32 Å². The molecule has 138 valence electrons. The molecule has 1 aliphatic heterocycles. The van der Waals surface area contributed by atoms with Crippen LogP contribution in [-0.2, 0) is 31.0 Å². The molecule has 6 heteroatoms. The molecule has 1 N–H and O–H groups in total. The van der Waals surface area contributed by atoms with E-state index in [1.54, 1.807) is 6.07 Å². The third kappa shape index (κ3) is 2.39. The van der Waals surface area contributed by atoms with Gasteiger partial charge in [-0.3, -0.25) is 14.4 Å². The third-order valence-corrected chi connectivity index (χ3v) is 6.20. The minimum Gasteiger partial charge on any atom is -0.457 e. The lowest BCUT2D eigenvalue weighted by atomic mass is 9.49. The first-order chi connectivity index (χ1) is 12.4. The van der Waals surface area contributed by atoms with E-state index in [1.807, 2.05) is 12.1 Å². The van der Waals surface area contributed by atoms with Gasteiger partial charge in [-0.05, 0) is 49.1 Å². The molecule has 1 saturated carbocycles. The second kappa shape index (κ2) is 5.91. The van der Waals surface area contributed by atoms with Gasteiger partial charge in [0.25, 0.3) is 0 Å². The fourth-order valence-corrected chi connectivity index (χ4v) is 5.37. The molecule has 0 unspecified atom stereocenters. The van der Waals surface area contributed by atoms with Gasteiger partial charge in [0.2, 0.25) is 0 Å². The van der Waals surface area contributed by atoms with Crippen molar-refractivity contribution >= 4 is 17.7 Å². The molecule has 0 aromatic heterocycles. The number of ether oxygens (including phenoxy) is 2. The molecule has 1 heterocycles. The summed E-state index contributed by atoms with van der Waals surface area (Å²) in [4.78, 5) is 35.8. The summed E-state index contributed by atoms with van der Waals surface area (Å²) in [5, 5.41) is 3.52. The number of Topliss-reactive ketones (excluding diaryl/α,β-unsaturated/α-hetero) is 1. The quantitative estimate of drug-likeness (QED) is 0.642. The Balaban J connectivity index is 1.91. The number of nitrogens with one attached hydrogen (secondary N) is 1. The molecule has 6 nitrogen and oxygen atoms in total. The lowest BCUT2D eigenvalue weighted by Gasteiger charge is -2.61. The molecule has 0 radical (unpaired) electrons. The lowest BCUT2D eigenvalue weighted by molar-refractivity contribution is -0.189. The Morgan fingerprint density at radius 1 is 1.19 bits per heavy atom. The molecule has 0 amide bonds. The molecule has 2 bridgehead atoms. The summed E-state index contributed by atoms with van der Waals surface area (Å²) in [5.41, 5.74) is 0.819. The van der Waals surface area contributed by atoms with Crippen molar-refractivity contribution in [3.05, 3.63) is 29.3 Å². The van der Waals surface area contributed by atoms with Crippen LogP contribution in [0.15, 0.2) is 18.2 Å². The largest absolute Gasteiger partial charge is 0.457 e. The molecule has 1 saturated heterocycles. The van der Waals surface area contributed by atoms with E-state index in [4.69, 9.17) is 9.47 Å². The molecule has 3 aliphatic rings. The van der Waals surface area contributed by atoms with Crippen molar-refractivity contribution in [2.24, 2.45) is 0 Å². The van der Waals surface area contributed by atoms with Crippen LogP contribution in [-0.4, -0.2) is 35.9 Å². The van der Waals surface area contributed by atoms with Crippen LogP contribution >= 0.6 is 0 Å². The molecule has 0 spiro atoms. The SMILES string of the molecule is CC(=O)Oc1ccc2c(c1)[C@]13CCN[C@H](C2)[C@]1(OC(C)=O)CCC(=O)C3. The third-order valence-electron chi connectivity index (χ3n) is 6.20. The summed E-state index contributed by atoms with van der Waals surface area (Å²) < 4.78 is 11.3. The molecule has 1 aromatic rings. The minimum atomic E-state index is -0.729. The Kier molecular flexibility index (Phi) is 3.91. The molecular formula is C20H23NO5.